The summed E-state index contributed by atoms with van der Waals surface area (Å²) in [5.41, 5.74) is 5.13. The van der Waals surface area contributed by atoms with Crippen molar-refractivity contribution in [3.8, 4) is 0 Å². The maximum absolute atomic E-state index is 12.7. The zero-order valence-electron chi connectivity index (χ0n) is 12.8. The fourth-order valence-electron chi connectivity index (χ4n) is 1.81. The molecule has 0 radical (unpaired) electrons. The Kier molecular flexibility index (Phi) is 5.19. The molecular formula is C17H16FN3O2. The van der Waals surface area contributed by atoms with Crippen LogP contribution in [-0.4, -0.2) is 18.0 Å². The Morgan fingerprint density at radius 3 is 2.43 bits per heavy atom. The van der Waals surface area contributed by atoms with Crippen LogP contribution in [0.15, 0.2) is 47.6 Å². The zero-order valence-corrected chi connectivity index (χ0v) is 12.8. The number of halogens is 1. The highest BCUT2D eigenvalue weighted by molar-refractivity contribution is 6.39. The number of anilines is 1. The molecule has 0 aromatic heterocycles. The van der Waals surface area contributed by atoms with Crippen molar-refractivity contribution >= 4 is 23.7 Å². The van der Waals surface area contributed by atoms with E-state index in [0.29, 0.717) is 11.3 Å². The van der Waals surface area contributed by atoms with E-state index in [-0.39, 0.29) is 5.82 Å². The molecule has 0 bridgehead atoms. The van der Waals surface area contributed by atoms with Gasteiger partial charge in [0, 0.05) is 5.69 Å². The molecule has 2 N–H and O–H groups in total. The van der Waals surface area contributed by atoms with Gasteiger partial charge in [-0.2, -0.15) is 5.10 Å². The van der Waals surface area contributed by atoms with Gasteiger partial charge in [-0.15, -0.1) is 0 Å². The zero-order chi connectivity index (χ0) is 16.8. The number of amides is 2. The molecule has 5 nitrogen and oxygen atoms in total. The molecule has 0 aliphatic heterocycles. The molecule has 0 spiro atoms. The molecule has 2 aromatic carbocycles. The molecule has 2 rings (SSSR count). The lowest BCUT2D eigenvalue weighted by Gasteiger charge is -2.08. The second-order valence-corrected chi connectivity index (χ2v) is 5.02. The second kappa shape index (κ2) is 7.31. The Balaban J connectivity index is 1.93. The van der Waals surface area contributed by atoms with Gasteiger partial charge in [-0.1, -0.05) is 24.3 Å². The third-order valence-electron chi connectivity index (χ3n) is 3.10. The normalized spacial score (nSPS) is 10.6. The van der Waals surface area contributed by atoms with Crippen molar-refractivity contribution in [1.82, 2.24) is 5.43 Å². The van der Waals surface area contributed by atoms with E-state index in [2.05, 4.69) is 15.8 Å². The largest absolute Gasteiger partial charge is 0.329 e. The molecule has 2 aromatic rings. The van der Waals surface area contributed by atoms with Crippen LogP contribution >= 0.6 is 0 Å². The third-order valence-corrected chi connectivity index (χ3v) is 3.10. The molecule has 23 heavy (non-hydrogen) atoms. The summed E-state index contributed by atoms with van der Waals surface area (Å²) in [4.78, 5) is 23.5. The number of nitrogens with zero attached hydrogens (tertiary/aromatic N) is 1. The molecule has 0 unspecified atom stereocenters. The van der Waals surface area contributed by atoms with Gasteiger partial charge >= 0.3 is 11.8 Å². The number of hydrogen-bond donors (Lipinski definition) is 2. The number of nitrogens with one attached hydrogen (secondary N) is 2. The van der Waals surface area contributed by atoms with E-state index >= 15 is 0 Å². The average Bonchev–Trinajstić information content (AvgIpc) is 2.52. The lowest BCUT2D eigenvalue weighted by Crippen LogP contribution is -2.32. The van der Waals surface area contributed by atoms with Crippen LogP contribution in [0.25, 0.3) is 0 Å². The monoisotopic (exact) mass is 313 g/mol. The fraction of sp³-hybridized carbons (Fsp3) is 0.118. The van der Waals surface area contributed by atoms with Gasteiger partial charge in [0.2, 0.25) is 0 Å². The predicted octanol–water partition coefficient (Wildman–Crippen LogP) is 2.53. The minimum absolute atomic E-state index is 0.362. The van der Waals surface area contributed by atoms with E-state index in [9.17, 15) is 14.0 Å². The van der Waals surface area contributed by atoms with Gasteiger partial charge in [-0.3, -0.25) is 9.59 Å². The van der Waals surface area contributed by atoms with E-state index in [0.717, 1.165) is 11.1 Å². The van der Waals surface area contributed by atoms with E-state index in [1.54, 1.807) is 6.07 Å². The van der Waals surface area contributed by atoms with Crippen molar-refractivity contribution in [3.63, 3.8) is 0 Å². The van der Waals surface area contributed by atoms with Gasteiger partial charge < -0.3 is 5.32 Å². The van der Waals surface area contributed by atoms with Gasteiger partial charge in [0.25, 0.3) is 0 Å². The summed E-state index contributed by atoms with van der Waals surface area (Å²) in [6.45, 7) is 3.72. The Morgan fingerprint density at radius 1 is 1.04 bits per heavy atom. The maximum atomic E-state index is 12.7. The first-order chi connectivity index (χ1) is 11.0. The minimum atomic E-state index is -0.885. The lowest BCUT2D eigenvalue weighted by molar-refractivity contribution is -0.136. The minimum Gasteiger partial charge on any atom is -0.317 e. The molecule has 0 aliphatic rings. The Hall–Kier alpha value is -3.02. The number of carbonyl (C=O) groups excluding carboxylic acids is 2. The van der Waals surface area contributed by atoms with Crippen LogP contribution < -0.4 is 10.7 Å². The third kappa shape index (κ3) is 4.74. The van der Waals surface area contributed by atoms with Crippen molar-refractivity contribution in [2.75, 3.05) is 5.32 Å². The lowest BCUT2D eigenvalue weighted by atomic mass is 10.1. The van der Waals surface area contributed by atoms with Gasteiger partial charge in [0.15, 0.2) is 0 Å². The summed E-state index contributed by atoms with van der Waals surface area (Å²) >= 11 is 0. The van der Waals surface area contributed by atoms with Gasteiger partial charge in [-0.25, -0.2) is 9.82 Å². The van der Waals surface area contributed by atoms with Crippen molar-refractivity contribution in [2.24, 2.45) is 5.10 Å². The highest BCUT2D eigenvalue weighted by Gasteiger charge is 2.13. The van der Waals surface area contributed by atoms with Crippen molar-refractivity contribution in [3.05, 3.63) is 65.0 Å². The Morgan fingerprint density at radius 2 is 1.74 bits per heavy atom. The second-order valence-electron chi connectivity index (χ2n) is 5.02. The van der Waals surface area contributed by atoms with Crippen LogP contribution in [0.4, 0.5) is 10.1 Å². The number of hydrogen-bond acceptors (Lipinski definition) is 3. The first-order valence-electron chi connectivity index (χ1n) is 6.93. The SMILES string of the molecule is Cc1ccc(C)c(NC(=O)C(=O)N/N=C\c2ccc(F)cc2)c1. The number of benzene rings is 2. The fourth-order valence-corrected chi connectivity index (χ4v) is 1.81. The molecule has 2 amide bonds. The van der Waals surface area contributed by atoms with Crippen molar-refractivity contribution < 1.29 is 14.0 Å². The van der Waals surface area contributed by atoms with E-state index in [4.69, 9.17) is 0 Å². The van der Waals surface area contributed by atoms with Crippen molar-refractivity contribution in [2.45, 2.75) is 13.8 Å². The van der Waals surface area contributed by atoms with Crippen molar-refractivity contribution in [1.29, 1.82) is 0 Å². The van der Waals surface area contributed by atoms with E-state index < -0.39 is 11.8 Å². The molecular weight excluding hydrogens is 297 g/mol. The summed E-state index contributed by atoms with van der Waals surface area (Å²) in [6.07, 6.45) is 1.32. The molecule has 118 valence electrons. The summed E-state index contributed by atoms with van der Waals surface area (Å²) < 4.78 is 12.7. The van der Waals surface area contributed by atoms with E-state index in [1.165, 1.54) is 30.5 Å². The predicted molar refractivity (Wildman–Crippen MR) is 86.7 cm³/mol. The van der Waals surface area contributed by atoms with Crippen LogP contribution in [0.5, 0.6) is 0 Å². The number of aryl methyl sites for hydroxylation is 2. The van der Waals surface area contributed by atoms with Gasteiger partial charge in [0.1, 0.15) is 5.82 Å². The maximum Gasteiger partial charge on any atom is 0.329 e. The summed E-state index contributed by atoms with van der Waals surface area (Å²) in [5, 5.41) is 6.20. The molecule has 0 atom stereocenters. The number of carbonyl (C=O) groups is 2. The molecule has 6 heteroatoms. The summed E-state index contributed by atoms with van der Waals surface area (Å²) in [5.74, 6) is -2.06. The quantitative estimate of drug-likeness (QED) is 0.519. The molecule has 0 saturated carbocycles. The standard InChI is InChI=1S/C17H16FN3O2/c1-11-3-4-12(2)15(9-11)20-16(22)17(23)21-19-10-13-5-7-14(18)8-6-13/h3-10H,1-2H3,(H,20,22)(H,21,23)/b19-10-. The first kappa shape index (κ1) is 16.4. The molecule has 0 fully saturated rings. The molecule has 0 saturated heterocycles. The van der Waals surface area contributed by atoms with E-state index in [1.807, 2.05) is 26.0 Å². The topological polar surface area (TPSA) is 70.6 Å². The van der Waals surface area contributed by atoms with Crippen LogP contribution in [0.1, 0.15) is 16.7 Å². The summed E-state index contributed by atoms with van der Waals surface area (Å²) in [6, 6.07) is 11.1. The van der Waals surface area contributed by atoms with Crippen LogP contribution in [0.2, 0.25) is 0 Å². The molecule has 0 heterocycles. The van der Waals surface area contributed by atoms with Gasteiger partial charge in [0.05, 0.1) is 6.21 Å². The number of rotatable bonds is 3. The highest BCUT2D eigenvalue weighted by Crippen LogP contribution is 2.16. The Labute approximate surface area is 133 Å². The van der Waals surface area contributed by atoms with Crippen LogP contribution in [0.3, 0.4) is 0 Å². The van der Waals surface area contributed by atoms with Crippen LogP contribution in [0, 0.1) is 19.7 Å². The van der Waals surface area contributed by atoms with Gasteiger partial charge in [-0.05, 0) is 48.7 Å². The molecule has 0 aliphatic carbocycles. The average molecular weight is 313 g/mol. The smallest absolute Gasteiger partial charge is 0.317 e. The first-order valence-corrected chi connectivity index (χ1v) is 6.93. The highest BCUT2D eigenvalue weighted by atomic mass is 19.1. The Bertz CT molecular complexity index is 755. The summed E-state index contributed by atoms with van der Waals surface area (Å²) in [7, 11) is 0. The number of hydrazone groups is 1. The van der Waals surface area contributed by atoms with Crippen LogP contribution in [-0.2, 0) is 9.59 Å².